The maximum Gasteiger partial charge on any atom is 0.325 e. The van der Waals surface area contributed by atoms with Crippen LogP contribution in [0.2, 0.25) is 5.02 Å². The van der Waals surface area contributed by atoms with E-state index in [1.54, 1.807) is 6.92 Å². The van der Waals surface area contributed by atoms with Crippen molar-refractivity contribution in [3.8, 4) is 11.1 Å². The number of hydrogen-bond acceptors (Lipinski definition) is 5. The van der Waals surface area contributed by atoms with Gasteiger partial charge < -0.3 is 14.6 Å². The highest BCUT2D eigenvalue weighted by atomic mass is 35.5. The Balaban J connectivity index is 2.11. The molecule has 2 rings (SSSR count). The lowest BCUT2D eigenvalue weighted by Gasteiger charge is -2.21. The number of aliphatic carboxylic acids is 1. The highest BCUT2D eigenvalue weighted by Gasteiger charge is 2.27. The van der Waals surface area contributed by atoms with Crippen LogP contribution in [0, 0.1) is 0 Å². The summed E-state index contributed by atoms with van der Waals surface area (Å²) in [6, 6.07) is 13.3. The predicted molar refractivity (Wildman–Crippen MR) is 107 cm³/mol. The van der Waals surface area contributed by atoms with Crippen LogP contribution >= 0.6 is 11.6 Å². The Labute approximate surface area is 169 Å². The number of carbonyl (C=O) groups excluding carboxylic acids is 1. The molecule has 0 aliphatic heterocycles. The lowest BCUT2D eigenvalue weighted by molar-refractivity contribution is -0.148. The van der Waals surface area contributed by atoms with Crippen molar-refractivity contribution in [3.05, 3.63) is 59.1 Å². The lowest BCUT2D eigenvalue weighted by Crippen LogP contribution is -2.50. The van der Waals surface area contributed by atoms with Crippen LogP contribution in [0.5, 0.6) is 0 Å². The molecule has 0 aromatic heterocycles. The topological polar surface area (TPSA) is 84.9 Å². The summed E-state index contributed by atoms with van der Waals surface area (Å²) < 4.78 is 9.99. The average Bonchev–Trinajstić information content (AvgIpc) is 2.67. The number of nitrogens with one attached hydrogen (secondary N) is 1. The first-order valence-electron chi connectivity index (χ1n) is 8.94. The Morgan fingerprint density at radius 3 is 2.39 bits per heavy atom. The standard InChI is InChI=1S/C21H24ClNO5/c1-3-28-21(26)19(13-27-2)23-18(20(24)25)11-14-7-9-15(10-8-14)16-5-4-6-17(22)12-16/h4-10,12,18-19,23H,3,11,13H2,1-2H3,(H,24,25)/t18-,19-/m0/s1. The van der Waals surface area contributed by atoms with Gasteiger partial charge in [0.2, 0.25) is 0 Å². The Bertz CT molecular complexity index is 794. The van der Waals surface area contributed by atoms with E-state index in [9.17, 15) is 14.7 Å². The number of benzene rings is 2. The van der Waals surface area contributed by atoms with E-state index in [-0.39, 0.29) is 19.6 Å². The van der Waals surface area contributed by atoms with Crippen LogP contribution in [0.1, 0.15) is 12.5 Å². The predicted octanol–water partition coefficient (Wildman–Crippen LogP) is 3.17. The van der Waals surface area contributed by atoms with E-state index in [4.69, 9.17) is 21.1 Å². The molecule has 7 heteroatoms. The summed E-state index contributed by atoms with van der Waals surface area (Å²) in [4.78, 5) is 23.7. The first kappa shape index (κ1) is 21.9. The first-order valence-corrected chi connectivity index (χ1v) is 9.31. The van der Waals surface area contributed by atoms with Gasteiger partial charge in [-0.15, -0.1) is 0 Å². The molecule has 0 aliphatic carbocycles. The number of esters is 1. The monoisotopic (exact) mass is 405 g/mol. The summed E-state index contributed by atoms with van der Waals surface area (Å²) in [5, 5.41) is 13.0. The van der Waals surface area contributed by atoms with Crippen LogP contribution in [0.4, 0.5) is 0 Å². The minimum atomic E-state index is -1.05. The number of carboxylic acids is 1. The van der Waals surface area contributed by atoms with E-state index in [0.717, 1.165) is 16.7 Å². The molecular weight excluding hydrogens is 382 g/mol. The average molecular weight is 406 g/mol. The van der Waals surface area contributed by atoms with Gasteiger partial charge in [0.25, 0.3) is 0 Å². The van der Waals surface area contributed by atoms with Gasteiger partial charge in [-0.25, -0.2) is 0 Å². The molecule has 0 heterocycles. The molecule has 0 saturated carbocycles. The van der Waals surface area contributed by atoms with E-state index in [2.05, 4.69) is 5.32 Å². The summed E-state index contributed by atoms with van der Waals surface area (Å²) in [5.74, 6) is -1.59. The number of methoxy groups -OCH3 is 1. The molecule has 0 radical (unpaired) electrons. The van der Waals surface area contributed by atoms with Gasteiger partial charge in [-0.05, 0) is 42.2 Å². The molecule has 0 saturated heterocycles. The molecule has 0 spiro atoms. The minimum absolute atomic E-state index is 0.0241. The first-order chi connectivity index (χ1) is 13.4. The van der Waals surface area contributed by atoms with Crippen LogP contribution in [-0.2, 0) is 25.5 Å². The van der Waals surface area contributed by atoms with Gasteiger partial charge in [0.15, 0.2) is 0 Å². The smallest absolute Gasteiger partial charge is 0.325 e. The minimum Gasteiger partial charge on any atom is -0.480 e. The summed E-state index contributed by atoms with van der Waals surface area (Å²) >= 11 is 6.03. The molecule has 2 aromatic carbocycles. The second kappa shape index (κ2) is 10.8. The van der Waals surface area contributed by atoms with Gasteiger partial charge in [0, 0.05) is 12.1 Å². The molecule has 0 amide bonds. The van der Waals surface area contributed by atoms with Crippen molar-refractivity contribution in [1.82, 2.24) is 5.32 Å². The SMILES string of the molecule is CCOC(=O)[C@H](COC)N[C@@H](Cc1ccc(-c2cccc(Cl)c2)cc1)C(=O)O. The highest BCUT2D eigenvalue weighted by molar-refractivity contribution is 6.30. The lowest BCUT2D eigenvalue weighted by atomic mass is 10.0. The van der Waals surface area contributed by atoms with Crippen LogP contribution in [0.15, 0.2) is 48.5 Å². The number of rotatable bonds is 10. The van der Waals surface area contributed by atoms with Crippen molar-refractivity contribution in [2.24, 2.45) is 0 Å². The number of halogens is 1. The molecule has 0 aliphatic rings. The molecule has 2 N–H and O–H groups in total. The second-order valence-electron chi connectivity index (χ2n) is 6.23. The Morgan fingerprint density at radius 2 is 1.82 bits per heavy atom. The molecule has 0 fully saturated rings. The van der Waals surface area contributed by atoms with Crippen LogP contribution < -0.4 is 5.32 Å². The zero-order valence-corrected chi connectivity index (χ0v) is 16.6. The number of carbonyl (C=O) groups is 2. The third-order valence-electron chi connectivity index (χ3n) is 4.16. The second-order valence-corrected chi connectivity index (χ2v) is 6.67. The maximum absolute atomic E-state index is 12.0. The molecule has 0 unspecified atom stereocenters. The van der Waals surface area contributed by atoms with E-state index in [1.165, 1.54) is 7.11 Å². The summed E-state index contributed by atoms with van der Waals surface area (Å²) in [6.07, 6.45) is 0.213. The van der Waals surface area contributed by atoms with E-state index >= 15 is 0 Å². The molecule has 2 aromatic rings. The fourth-order valence-electron chi connectivity index (χ4n) is 2.79. The van der Waals surface area contributed by atoms with Gasteiger partial charge in [0.05, 0.1) is 13.2 Å². The summed E-state index contributed by atoms with van der Waals surface area (Å²) in [6.45, 7) is 1.93. The molecule has 6 nitrogen and oxygen atoms in total. The molecular formula is C21H24ClNO5. The normalized spacial score (nSPS) is 13.0. The van der Waals surface area contributed by atoms with Crippen molar-refractivity contribution >= 4 is 23.5 Å². The van der Waals surface area contributed by atoms with Crippen LogP contribution in [0.3, 0.4) is 0 Å². The van der Waals surface area contributed by atoms with Gasteiger partial charge in [0.1, 0.15) is 12.1 Å². The van der Waals surface area contributed by atoms with E-state index < -0.39 is 24.0 Å². The molecule has 0 bridgehead atoms. The van der Waals surface area contributed by atoms with E-state index in [1.807, 2.05) is 48.5 Å². The third kappa shape index (κ3) is 6.34. The summed E-state index contributed by atoms with van der Waals surface area (Å²) in [7, 11) is 1.44. The van der Waals surface area contributed by atoms with Crippen LogP contribution in [-0.4, -0.2) is 49.5 Å². The van der Waals surface area contributed by atoms with Gasteiger partial charge >= 0.3 is 11.9 Å². The Morgan fingerprint density at radius 1 is 1.11 bits per heavy atom. The zero-order valence-electron chi connectivity index (χ0n) is 15.9. The van der Waals surface area contributed by atoms with Crippen LogP contribution in [0.25, 0.3) is 11.1 Å². The third-order valence-corrected chi connectivity index (χ3v) is 4.39. The van der Waals surface area contributed by atoms with Crippen molar-refractivity contribution in [1.29, 1.82) is 0 Å². The fourth-order valence-corrected chi connectivity index (χ4v) is 2.98. The van der Waals surface area contributed by atoms with Crippen molar-refractivity contribution < 1.29 is 24.2 Å². The number of ether oxygens (including phenoxy) is 2. The van der Waals surface area contributed by atoms with Crippen molar-refractivity contribution in [2.45, 2.75) is 25.4 Å². The van der Waals surface area contributed by atoms with E-state index in [0.29, 0.717) is 5.02 Å². The molecule has 150 valence electrons. The zero-order chi connectivity index (χ0) is 20.5. The fraction of sp³-hybridized carbons (Fsp3) is 0.333. The molecule has 28 heavy (non-hydrogen) atoms. The quantitative estimate of drug-likeness (QED) is 0.590. The Hall–Kier alpha value is -2.41. The van der Waals surface area contributed by atoms with Gasteiger partial charge in [-0.2, -0.15) is 0 Å². The van der Waals surface area contributed by atoms with Crippen molar-refractivity contribution in [2.75, 3.05) is 20.3 Å². The number of hydrogen-bond donors (Lipinski definition) is 2. The number of carboxylic acid groups (broad SMARTS) is 1. The maximum atomic E-state index is 12.0. The van der Waals surface area contributed by atoms with Gasteiger partial charge in [-0.1, -0.05) is 48.0 Å². The Kier molecular flexibility index (Phi) is 8.44. The molecule has 2 atom stereocenters. The van der Waals surface area contributed by atoms with Crippen molar-refractivity contribution in [3.63, 3.8) is 0 Å². The highest BCUT2D eigenvalue weighted by Crippen LogP contribution is 2.23. The van der Waals surface area contributed by atoms with Gasteiger partial charge in [-0.3, -0.25) is 14.9 Å². The largest absolute Gasteiger partial charge is 0.480 e. The summed E-state index contributed by atoms with van der Waals surface area (Å²) in [5.41, 5.74) is 2.79.